The highest BCUT2D eigenvalue weighted by molar-refractivity contribution is 5.73. The molecule has 116 valence electrons. The van der Waals surface area contributed by atoms with Gasteiger partial charge in [-0.25, -0.2) is 0 Å². The lowest BCUT2D eigenvalue weighted by atomic mass is 9.85. The van der Waals surface area contributed by atoms with Crippen LogP contribution in [0.1, 0.15) is 39.7 Å². The van der Waals surface area contributed by atoms with Gasteiger partial charge in [0.1, 0.15) is 6.61 Å². The second-order valence-electron chi connectivity index (χ2n) is 7.08. The number of ether oxygens (including phenoxy) is 1. The highest BCUT2D eigenvalue weighted by atomic mass is 16.5. The zero-order chi connectivity index (χ0) is 15.5. The van der Waals surface area contributed by atoms with Crippen LogP contribution >= 0.6 is 0 Å². The third kappa shape index (κ3) is 4.31. The van der Waals surface area contributed by atoms with E-state index in [0.717, 1.165) is 25.1 Å². The quantitative estimate of drug-likeness (QED) is 0.798. The lowest BCUT2D eigenvalue weighted by molar-refractivity contribution is -0.154. The summed E-state index contributed by atoms with van der Waals surface area (Å²) in [6, 6.07) is 9.87. The Bertz CT molecular complexity index is 464. The molecule has 1 fully saturated rings. The number of carbonyl (C=O) groups is 1. The molecular weight excluding hydrogens is 262 g/mol. The minimum atomic E-state index is -0.0417. The van der Waals surface area contributed by atoms with Gasteiger partial charge in [-0.15, -0.1) is 0 Å². The summed E-state index contributed by atoms with van der Waals surface area (Å²) in [4.78, 5) is 14.8. The Balaban J connectivity index is 1.86. The Kier molecular flexibility index (Phi) is 5.04. The van der Waals surface area contributed by atoms with Crippen molar-refractivity contribution in [1.82, 2.24) is 4.90 Å². The van der Waals surface area contributed by atoms with Crippen molar-refractivity contribution in [2.45, 2.75) is 46.3 Å². The van der Waals surface area contributed by atoms with Gasteiger partial charge in [0.05, 0.1) is 5.92 Å². The number of piperidine rings is 1. The summed E-state index contributed by atoms with van der Waals surface area (Å²) in [5.74, 6) is 0.341. The molecule has 0 radical (unpaired) electrons. The summed E-state index contributed by atoms with van der Waals surface area (Å²) >= 11 is 0. The van der Waals surface area contributed by atoms with Crippen molar-refractivity contribution >= 4 is 5.97 Å². The second-order valence-corrected chi connectivity index (χ2v) is 7.08. The van der Waals surface area contributed by atoms with Crippen LogP contribution in [0.15, 0.2) is 30.3 Å². The zero-order valence-corrected chi connectivity index (χ0v) is 13.6. The maximum atomic E-state index is 12.3. The molecule has 1 saturated heterocycles. The molecule has 1 aliphatic rings. The SMILES string of the molecule is C[C@@H]1CN(C(C)(C)C)CC[C@H]1C(=O)OCc1ccccc1. The fraction of sp³-hybridized carbons (Fsp3) is 0.611. The van der Waals surface area contributed by atoms with Crippen molar-refractivity contribution in [3.63, 3.8) is 0 Å². The number of hydrogen-bond donors (Lipinski definition) is 0. The van der Waals surface area contributed by atoms with Gasteiger partial charge in [-0.2, -0.15) is 0 Å². The normalized spacial score (nSPS) is 23.8. The molecule has 1 heterocycles. The van der Waals surface area contributed by atoms with E-state index in [1.807, 2.05) is 30.3 Å². The predicted octanol–water partition coefficient (Wildman–Crippen LogP) is 3.49. The van der Waals surface area contributed by atoms with E-state index in [4.69, 9.17) is 4.74 Å². The molecule has 3 heteroatoms. The van der Waals surface area contributed by atoms with Crippen molar-refractivity contribution in [2.75, 3.05) is 13.1 Å². The molecule has 0 N–H and O–H groups in total. The number of likely N-dealkylation sites (tertiary alicyclic amines) is 1. The molecule has 0 saturated carbocycles. The van der Waals surface area contributed by atoms with Crippen LogP contribution in [0.3, 0.4) is 0 Å². The molecule has 2 atom stereocenters. The molecule has 0 aliphatic carbocycles. The molecule has 1 aliphatic heterocycles. The lowest BCUT2D eigenvalue weighted by Crippen LogP contribution is -2.50. The molecule has 0 aromatic heterocycles. The summed E-state index contributed by atoms with van der Waals surface area (Å²) in [6.45, 7) is 11.2. The van der Waals surface area contributed by atoms with E-state index in [-0.39, 0.29) is 17.4 Å². The first-order chi connectivity index (χ1) is 9.88. The number of carbonyl (C=O) groups excluding carboxylic acids is 1. The van der Waals surface area contributed by atoms with Crippen molar-refractivity contribution in [3.8, 4) is 0 Å². The molecular formula is C18H27NO2. The van der Waals surface area contributed by atoms with Crippen LogP contribution in [0.2, 0.25) is 0 Å². The van der Waals surface area contributed by atoms with Gasteiger partial charge in [0.2, 0.25) is 0 Å². The Labute approximate surface area is 128 Å². The number of esters is 1. The summed E-state index contributed by atoms with van der Waals surface area (Å²) < 4.78 is 5.50. The van der Waals surface area contributed by atoms with E-state index < -0.39 is 0 Å². The van der Waals surface area contributed by atoms with Gasteiger partial charge in [-0.05, 0) is 45.2 Å². The van der Waals surface area contributed by atoms with Crippen LogP contribution in [0, 0.1) is 11.8 Å². The third-order valence-corrected chi connectivity index (χ3v) is 4.38. The molecule has 2 rings (SSSR count). The minimum absolute atomic E-state index is 0.0345. The first-order valence-electron chi connectivity index (χ1n) is 7.83. The van der Waals surface area contributed by atoms with Crippen LogP contribution < -0.4 is 0 Å². The van der Waals surface area contributed by atoms with Gasteiger partial charge in [0.25, 0.3) is 0 Å². The predicted molar refractivity (Wildman–Crippen MR) is 84.8 cm³/mol. The van der Waals surface area contributed by atoms with Gasteiger partial charge in [-0.3, -0.25) is 9.69 Å². The smallest absolute Gasteiger partial charge is 0.309 e. The fourth-order valence-corrected chi connectivity index (χ4v) is 2.94. The fourth-order valence-electron chi connectivity index (χ4n) is 2.94. The van der Waals surface area contributed by atoms with Gasteiger partial charge in [-0.1, -0.05) is 37.3 Å². The molecule has 0 amide bonds. The van der Waals surface area contributed by atoms with Crippen LogP contribution in [0.25, 0.3) is 0 Å². The minimum Gasteiger partial charge on any atom is -0.461 e. The van der Waals surface area contributed by atoms with Crippen molar-refractivity contribution in [2.24, 2.45) is 11.8 Å². The number of nitrogens with zero attached hydrogens (tertiary/aromatic N) is 1. The standard InChI is InChI=1S/C18H27NO2/c1-14-12-19(18(2,3)4)11-10-16(14)17(20)21-13-15-8-6-5-7-9-15/h5-9,14,16H,10-13H2,1-4H3/t14-,16-/m1/s1. The second kappa shape index (κ2) is 6.61. The Morgan fingerprint density at radius 3 is 2.52 bits per heavy atom. The van der Waals surface area contributed by atoms with Crippen LogP contribution in [-0.4, -0.2) is 29.5 Å². The van der Waals surface area contributed by atoms with Gasteiger partial charge >= 0.3 is 5.97 Å². The summed E-state index contributed by atoms with van der Waals surface area (Å²) in [6.07, 6.45) is 0.895. The van der Waals surface area contributed by atoms with E-state index in [1.54, 1.807) is 0 Å². The summed E-state index contributed by atoms with van der Waals surface area (Å²) in [5, 5.41) is 0. The molecule has 21 heavy (non-hydrogen) atoms. The van der Waals surface area contributed by atoms with E-state index in [1.165, 1.54) is 0 Å². The zero-order valence-electron chi connectivity index (χ0n) is 13.6. The average Bonchev–Trinajstić information content (AvgIpc) is 2.45. The molecule has 0 bridgehead atoms. The summed E-state index contributed by atoms with van der Waals surface area (Å²) in [5.41, 5.74) is 1.22. The molecule has 1 aromatic carbocycles. The highest BCUT2D eigenvalue weighted by Crippen LogP contribution is 2.29. The van der Waals surface area contributed by atoms with Gasteiger partial charge in [0.15, 0.2) is 0 Å². The van der Waals surface area contributed by atoms with Gasteiger partial charge < -0.3 is 4.74 Å². The van der Waals surface area contributed by atoms with Gasteiger partial charge in [0, 0.05) is 12.1 Å². The van der Waals surface area contributed by atoms with E-state index in [0.29, 0.717) is 12.5 Å². The monoisotopic (exact) mass is 289 g/mol. The molecule has 1 aromatic rings. The topological polar surface area (TPSA) is 29.5 Å². The number of benzene rings is 1. The van der Waals surface area contributed by atoms with Crippen LogP contribution in [0.4, 0.5) is 0 Å². The molecule has 0 spiro atoms. The number of hydrogen-bond acceptors (Lipinski definition) is 3. The summed E-state index contributed by atoms with van der Waals surface area (Å²) in [7, 11) is 0. The maximum absolute atomic E-state index is 12.3. The van der Waals surface area contributed by atoms with Crippen molar-refractivity contribution in [3.05, 3.63) is 35.9 Å². The third-order valence-electron chi connectivity index (χ3n) is 4.38. The van der Waals surface area contributed by atoms with Crippen LogP contribution in [-0.2, 0) is 16.1 Å². The number of rotatable bonds is 3. The lowest BCUT2D eigenvalue weighted by Gasteiger charge is -2.43. The largest absolute Gasteiger partial charge is 0.461 e. The highest BCUT2D eigenvalue weighted by Gasteiger charge is 2.35. The first kappa shape index (κ1) is 16.0. The van der Waals surface area contributed by atoms with E-state index in [2.05, 4.69) is 32.6 Å². The average molecular weight is 289 g/mol. The van der Waals surface area contributed by atoms with E-state index >= 15 is 0 Å². The maximum Gasteiger partial charge on any atom is 0.309 e. The first-order valence-corrected chi connectivity index (χ1v) is 7.83. The van der Waals surface area contributed by atoms with E-state index in [9.17, 15) is 4.79 Å². The Morgan fingerprint density at radius 1 is 1.29 bits per heavy atom. The molecule has 0 unspecified atom stereocenters. The Morgan fingerprint density at radius 2 is 1.95 bits per heavy atom. The Hall–Kier alpha value is -1.35. The van der Waals surface area contributed by atoms with Crippen molar-refractivity contribution in [1.29, 1.82) is 0 Å². The molecule has 3 nitrogen and oxygen atoms in total. The van der Waals surface area contributed by atoms with Crippen LogP contribution in [0.5, 0.6) is 0 Å². The van der Waals surface area contributed by atoms with Crippen molar-refractivity contribution < 1.29 is 9.53 Å².